The number of hydrogen-bond acceptors (Lipinski definition) is 6. The number of hydrogen-bond donors (Lipinski definition) is 1. The van der Waals surface area contributed by atoms with Crippen molar-refractivity contribution in [3.05, 3.63) is 22.4 Å². The minimum absolute atomic E-state index is 0.00938. The van der Waals surface area contributed by atoms with Crippen LogP contribution in [0.3, 0.4) is 0 Å². The van der Waals surface area contributed by atoms with Crippen LogP contribution in [0, 0.1) is 0 Å². The molecule has 7 heteroatoms. The number of thiophene rings is 1. The van der Waals surface area contributed by atoms with Crippen LogP contribution in [0.2, 0.25) is 0 Å². The molecule has 0 aromatic carbocycles. The molecule has 1 aliphatic rings. The molecule has 2 atom stereocenters. The summed E-state index contributed by atoms with van der Waals surface area (Å²) < 4.78 is 0. The Kier molecular flexibility index (Phi) is 5.06. The molecule has 0 saturated carbocycles. The maximum Gasteiger partial charge on any atom is 0.233 e. The fourth-order valence-electron chi connectivity index (χ4n) is 1.58. The number of amides is 1. The van der Waals surface area contributed by atoms with Crippen molar-refractivity contribution in [2.24, 2.45) is 0 Å². The third-order valence-corrected chi connectivity index (χ3v) is 5.64. The molecule has 1 amide bonds. The van der Waals surface area contributed by atoms with Crippen molar-refractivity contribution in [2.45, 2.75) is 24.6 Å². The molecule has 1 unspecified atom stereocenters. The fourth-order valence-corrected chi connectivity index (χ4v) is 4.04. The van der Waals surface area contributed by atoms with Crippen LogP contribution in [0.25, 0.3) is 0 Å². The second-order valence-electron chi connectivity index (χ2n) is 4.04. The molecule has 1 N–H and O–H groups in total. The van der Waals surface area contributed by atoms with Crippen LogP contribution in [-0.4, -0.2) is 33.2 Å². The molecular weight excluding hydrogens is 302 g/mol. The normalized spacial score (nSPS) is 20.3. The predicted octanol–water partition coefficient (Wildman–Crippen LogP) is 2.16. The van der Waals surface area contributed by atoms with Gasteiger partial charge in [0, 0.05) is 5.75 Å². The standard InChI is InChI=1S/C12H13NO3S3/c1-7(19-12(16)9-3-2-5-17-9)10(14)13-8-4-6-18-11(8)15/h2-3,5,7-8H,4,6H2,1H3,(H,13,14)/t7?,8-/m0/s1. The average Bonchev–Trinajstić information content (AvgIpc) is 3.01. The molecule has 1 aromatic heterocycles. The summed E-state index contributed by atoms with van der Waals surface area (Å²) in [4.78, 5) is 35.8. The van der Waals surface area contributed by atoms with E-state index in [9.17, 15) is 14.4 Å². The summed E-state index contributed by atoms with van der Waals surface area (Å²) >= 11 is 3.60. The average molecular weight is 315 g/mol. The van der Waals surface area contributed by atoms with Crippen molar-refractivity contribution in [3.63, 3.8) is 0 Å². The highest BCUT2D eigenvalue weighted by Crippen LogP contribution is 2.23. The first-order chi connectivity index (χ1) is 9.08. The van der Waals surface area contributed by atoms with Gasteiger partial charge in [0.1, 0.15) is 0 Å². The molecule has 1 fully saturated rings. The van der Waals surface area contributed by atoms with Gasteiger partial charge in [0.15, 0.2) is 0 Å². The molecule has 2 heterocycles. The second kappa shape index (κ2) is 6.58. The van der Waals surface area contributed by atoms with Crippen LogP contribution in [0.1, 0.15) is 23.0 Å². The van der Waals surface area contributed by atoms with Crippen LogP contribution >= 0.6 is 34.9 Å². The molecule has 1 aliphatic heterocycles. The Morgan fingerprint density at radius 2 is 2.32 bits per heavy atom. The van der Waals surface area contributed by atoms with E-state index in [4.69, 9.17) is 0 Å². The molecule has 2 rings (SSSR count). The largest absolute Gasteiger partial charge is 0.344 e. The topological polar surface area (TPSA) is 63.2 Å². The zero-order valence-corrected chi connectivity index (χ0v) is 12.7. The van der Waals surface area contributed by atoms with Crippen molar-refractivity contribution in [2.75, 3.05) is 5.75 Å². The Labute approximate surface area is 123 Å². The van der Waals surface area contributed by atoms with E-state index >= 15 is 0 Å². The van der Waals surface area contributed by atoms with Crippen molar-refractivity contribution >= 4 is 51.0 Å². The molecule has 1 saturated heterocycles. The lowest BCUT2D eigenvalue weighted by molar-refractivity contribution is -0.123. The third kappa shape index (κ3) is 3.84. The molecule has 0 spiro atoms. The van der Waals surface area contributed by atoms with Gasteiger partial charge in [0.25, 0.3) is 0 Å². The molecule has 0 radical (unpaired) electrons. The van der Waals surface area contributed by atoms with Gasteiger partial charge in [-0.25, -0.2) is 0 Å². The van der Waals surface area contributed by atoms with Gasteiger partial charge < -0.3 is 5.32 Å². The summed E-state index contributed by atoms with van der Waals surface area (Å²) in [5.74, 6) is 0.496. The van der Waals surface area contributed by atoms with Crippen molar-refractivity contribution in [1.82, 2.24) is 5.32 Å². The predicted molar refractivity (Wildman–Crippen MR) is 79.7 cm³/mol. The Morgan fingerprint density at radius 1 is 1.53 bits per heavy atom. The van der Waals surface area contributed by atoms with E-state index in [-0.39, 0.29) is 16.1 Å². The summed E-state index contributed by atoms with van der Waals surface area (Å²) in [6, 6.07) is 3.15. The maximum absolute atomic E-state index is 11.9. The smallest absolute Gasteiger partial charge is 0.233 e. The Bertz CT molecular complexity index is 486. The zero-order chi connectivity index (χ0) is 13.8. The molecule has 1 aromatic rings. The number of carbonyl (C=O) groups excluding carboxylic acids is 3. The lowest BCUT2D eigenvalue weighted by atomic mass is 10.2. The zero-order valence-electron chi connectivity index (χ0n) is 10.3. The summed E-state index contributed by atoms with van der Waals surface area (Å²) in [5.41, 5.74) is 0. The second-order valence-corrected chi connectivity index (χ2v) is 7.40. The highest BCUT2D eigenvalue weighted by molar-refractivity contribution is 8.15. The highest BCUT2D eigenvalue weighted by Gasteiger charge is 2.29. The monoisotopic (exact) mass is 315 g/mol. The van der Waals surface area contributed by atoms with Gasteiger partial charge in [-0.2, -0.15) is 0 Å². The number of thioether (sulfide) groups is 2. The van der Waals surface area contributed by atoms with E-state index in [1.165, 1.54) is 23.1 Å². The minimum atomic E-state index is -0.493. The SMILES string of the molecule is CC(SC(=O)c1cccs1)C(=O)N[C@H]1CCSC1=O. The molecule has 19 heavy (non-hydrogen) atoms. The minimum Gasteiger partial charge on any atom is -0.344 e. The van der Waals surface area contributed by atoms with Gasteiger partial charge in [-0.1, -0.05) is 29.6 Å². The van der Waals surface area contributed by atoms with E-state index in [1.807, 2.05) is 5.38 Å². The highest BCUT2D eigenvalue weighted by atomic mass is 32.2. The fraction of sp³-hybridized carbons (Fsp3) is 0.417. The Morgan fingerprint density at radius 3 is 2.89 bits per heavy atom. The van der Waals surface area contributed by atoms with E-state index in [1.54, 1.807) is 19.1 Å². The van der Waals surface area contributed by atoms with E-state index < -0.39 is 11.3 Å². The maximum atomic E-state index is 11.9. The van der Waals surface area contributed by atoms with Gasteiger partial charge in [0.2, 0.25) is 16.1 Å². The number of nitrogens with one attached hydrogen (secondary N) is 1. The summed E-state index contributed by atoms with van der Waals surface area (Å²) in [6.45, 7) is 1.68. The van der Waals surface area contributed by atoms with Crippen LogP contribution in [0.4, 0.5) is 0 Å². The molecule has 102 valence electrons. The lowest BCUT2D eigenvalue weighted by Crippen LogP contribution is -2.41. The molecule has 0 bridgehead atoms. The van der Waals surface area contributed by atoms with Crippen LogP contribution < -0.4 is 5.32 Å². The summed E-state index contributed by atoms with van der Waals surface area (Å²) in [6.07, 6.45) is 0.672. The van der Waals surface area contributed by atoms with E-state index in [0.29, 0.717) is 11.3 Å². The molecule has 0 aliphatic carbocycles. The first-order valence-electron chi connectivity index (χ1n) is 5.79. The van der Waals surface area contributed by atoms with Gasteiger partial charge in [0.05, 0.1) is 16.2 Å². The van der Waals surface area contributed by atoms with E-state index in [0.717, 1.165) is 17.5 Å². The van der Waals surface area contributed by atoms with Crippen LogP contribution in [0.15, 0.2) is 17.5 Å². The number of carbonyl (C=O) groups is 3. The number of rotatable bonds is 4. The summed E-state index contributed by atoms with van der Waals surface area (Å²) in [5, 5.41) is 3.94. The summed E-state index contributed by atoms with van der Waals surface area (Å²) in [7, 11) is 0. The Hall–Kier alpha value is -0.790. The Balaban J connectivity index is 1.85. The first kappa shape index (κ1) is 14.6. The van der Waals surface area contributed by atoms with Gasteiger partial charge in [-0.15, -0.1) is 11.3 Å². The van der Waals surface area contributed by atoms with Gasteiger partial charge in [-0.3, -0.25) is 14.4 Å². The first-order valence-corrected chi connectivity index (χ1v) is 8.54. The van der Waals surface area contributed by atoms with Gasteiger partial charge in [-0.05, 0) is 24.8 Å². The van der Waals surface area contributed by atoms with Crippen LogP contribution in [-0.2, 0) is 9.59 Å². The van der Waals surface area contributed by atoms with Crippen molar-refractivity contribution in [3.8, 4) is 0 Å². The third-order valence-electron chi connectivity index (χ3n) is 2.63. The van der Waals surface area contributed by atoms with Crippen molar-refractivity contribution in [1.29, 1.82) is 0 Å². The van der Waals surface area contributed by atoms with Gasteiger partial charge >= 0.3 is 0 Å². The van der Waals surface area contributed by atoms with Crippen LogP contribution in [0.5, 0.6) is 0 Å². The molecular formula is C12H13NO3S3. The molecule has 4 nitrogen and oxygen atoms in total. The quantitative estimate of drug-likeness (QED) is 0.922. The lowest BCUT2D eigenvalue weighted by Gasteiger charge is -2.14. The van der Waals surface area contributed by atoms with Crippen molar-refractivity contribution < 1.29 is 14.4 Å². The van der Waals surface area contributed by atoms with E-state index in [2.05, 4.69) is 5.32 Å².